The molecule has 3 heteroatoms. The minimum absolute atomic E-state index is 0.0237. The number of benzene rings is 1. The quantitative estimate of drug-likeness (QED) is 0.852. The first kappa shape index (κ1) is 10.8. The van der Waals surface area contributed by atoms with E-state index in [1.165, 1.54) is 12.1 Å². The Balaban J connectivity index is 2.37. The van der Waals surface area contributed by atoms with Gasteiger partial charge in [-0.15, -0.1) is 0 Å². The van der Waals surface area contributed by atoms with E-state index in [0.717, 1.165) is 11.1 Å². The number of nitrogens with zero attached hydrogens (tertiary/aromatic N) is 1. The highest BCUT2D eigenvalue weighted by Gasteiger charge is 2.11. The Kier molecular flexibility index (Phi) is 3.27. The summed E-state index contributed by atoms with van der Waals surface area (Å²) in [6.07, 6.45) is 3.51. The van der Waals surface area contributed by atoms with Crippen molar-refractivity contribution >= 4 is 0 Å². The molecule has 1 heterocycles. The summed E-state index contributed by atoms with van der Waals surface area (Å²) in [5, 5.41) is 3.16. The second kappa shape index (κ2) is 4.86. The minimum atomic E-state index is -0.221. The van der Waals surface area contributed by atoms with Crippen LogP contribution in [0.4, 0.5) is 4.39 Å². The minimum Gasteiger partial charge on any atom is -0.309 e. The molecule has 1 N–H and O–H groups in total. The van der Waals surface area contributed by atoms with Gasteiger partial charge < -0.3 is 5.32 Å². The van der Waals surface area contributed by atoms with Gasteiger partial charge in [-0.2, -0.15) is 0 Å². The molecule has 1 aromatic heterocycles. The summed E-state index contributed by atoms with van der Waals surface area (Å²) in [4.78, 5) is 4.07. The number of rotatable bonds is 3. The zero-order valence-electron chi connectivity index (χ0n) is 9.02. The molecule has 2 aromatic rings. The normalized spacial score (nSPS) is 12.4. The SMILES string of the molecule is CNC(c1cccnc1)c1cccc(F)c1. The van der Waals surface area contributed by atoms with Crippen LogP contribution in [-0.2, 0) is 0 Å². The van der Waals surface area contributed by atoms with E-state index in [0.29, 0.717) is 0 Å². The summed E-state index contributed by atoms with van der Waals surface area (Å²) < 4.78 is 13.1. The van der Waals surface area contributed by atoms with Gasteiger partial charge in [0.2, 0.25) is 0 Å². The molecule has 82 valence electrons. The average molecular weight is 216 g/mol. The number of nitrogens with one attached hydrogen (secondary N) is 1. The lowest BCUT2D eigenvalue weighted by Gasteiger charge is -2.16. The van der Waals surface area contributed by atoms with Gasteiger partial charge in [0.05, 0.1) is 6.04 Å². The summed E-state index contributed by atoms with van der Waals surface area (Å²) >= 11 is 0. The van der Waals surface area contributed by atoms with Crippen LogP contribution >= 0.6 is 0 Å². The van der Waals surface area contributed by atoms with Crippen molar-refractivity contribution in [2.45, 2.75) is 6.04 Å². The van der Waals surface area contributed by atoms with Gasteiger partial charge in [-0.25, -0.2) is 4.39 Å². The fourth-order valence-corrected chi connectivity index (χ4v) is 1.76. The average Bonchev–Trinajstić information content (AvgIpc) is 2.31. The maximum Gasteiger partial charge on any atom is 0.123 e. The Morgan fingerprint density at radius 2 is 2.00 bits per heavy atom. The zero-order chi connectivity index (χ0) is 11.4. The van der Waals surface area contributed by atoms with Crippen LogP contribution in [0.5, 0.6) is 0 Å². The van der Waals surface area contributed by atoms with Crippen LogP contribution in [0.15, 0.2) is 48.8 Å². The molecule has 2 nitrogen and oxygen atoms in total. The maximum atomic E-state index is 13.1. The van der Waals surface area contributed by atoms with Crippen molar-refractivity contribution in [1.29, 1.82) is 0 Å². The van der Waals surface area contributed by atoms with E-state index < -0.39 is 0 Å². The zero-order valence-corrected chi connectivity index (χ0v) is 9.02. The molecular weight excluding hydrogens is 203 g/mol. The summed E-state index contributed by atoms with van der Waals surface area (Å²) in [5.41, 5.74) is 1.92. The molecule has 0 aliphatic rings. The number of hydrogen-bond acceptors (Lipinski definition) is 2. The predicted molar refractivity (Wildman–Crippen MR) is 61.5 cm³/mol. The number of halogens is 1. The third-order valence-corrected chi connectivity index (χ3v) is 2.49. The van der Waals surface area contributed by atoms with E-state index in [4.69, 9.17) is 0 Å². The van der Waals surface area contributed by atoms with E-state index in [2.05, 4.69) is 10.3 Å². The van der Waals surface area contributed by atoms with Gasteiger partial charge in [-0.05, 0) is 36.4 Å². The molecule has 0 radical (unpaired) electrons. The molecule has 0 spiro atoms. The summed E-state index contributed by atoms with van der Waals surface area (Å²) in [7, 11) is 1.85. The first-order valence-electron chi connectivity index (χ1n) is 5.14. The number of pyridine rings is 1. The van der Waals surface area contributed by atoms with Crippen LogP contribution in [-0.4, -0.2) is 12.0 Å². The molecule has 0 fully saturated rings. The van der Waals surface area contributed by atoms with Crippen molar-refractivity contribution in [1.82, 2.24) is 10.3 Å². The van der Waals surface area contributed by atoms with Crippen LogP contribution < -0.4 is 5.32 Å². The first-order valence-corrected chi connectivity index (χ1v) is 5.14. The van der Waals surface area contributed by atoms with E-state index in [-0.39, 0.29) is 11.9 Å². The van der Waals surface area contributed by atoms with Crippen molar-refractivity contribution in [3.05, 3.63) is 65.7 Å². The summed E-state index contributed by atoms with van der Waals surface area (Å²) in [6.45, 7) is 0. The van der Waals surface area contributed by atoms with Gasteiger partial charge in [0, 0.05) is 12.4 Å². The monoisotopic (exact) mass is 216 g/mol. The van der Waals surface area contributed by atoms with Crippen LogP contribution in [0.25, 0.3) is 0 Å². The van der Waals surface area contributed by atoms with Crippen LogP contribution in [0, 0.1) is 5.82 Å². The van der Waals surface area contributed by atoms with E-state index in [9.17, 15) is 4.39 Å². The van der Waals surface area contributed by atoms with Crippen LogP contribution in [0.1, 0.15) is 17.2 Å². The van der Waals surface area contributed by atoms with Crippen LogP contribution in [0.3, 0.4) is 0 Å². The lowest BCUT2D eigenvalue weighted by Crippen LogP contribution is -2.17. The molecule has 0 aliphatic carbocycles. The molecule has 1 atom stereocenters. The highest BCUT2D eigenvalue weighted by molar-refractivity contribution is 5.30. The van der Waals surface area contributed by atoms with Crippen molar-refractivity contribution < 1.29 is 4.39 Å². The largest absolute Gasteiger partial charge is 0.309 e. The molecule has 1 aromatic carbocycles. The molecule has 0 bridgehead atoms. The van der Waals surface area contributed by atoms with Gasteiger partial charge in [-0.1, -0.05) is 18.2 Å². The standard InChI is InChI=1S/C13H13FN2/c1-15-13(11-5-3-7-16-9-11)10-4-2-6-12(14)8-10/h2-9,13,15H,1H3. The molecule has 1 unspecified atom stereocenters. The van der Waals surface area contributed by atoms with E-state index in [1.54, 1.807) is 18.5 Å². The Bertz CT molecular complexity index is 456. The van der Waals surface area contributed by atoms with Gasteiger partial charge in [-0.3, -0.25) is 4.98 Å². The number of hydrogen-bond donors (Lipinski definition) is 1. The smallest absolute Gasteiger partial charge is 0.123 e. The highest BCUT2D eigenvalue weighted by atomic mass is 19.1. The maximum absolute atomic E-state index is 13.1. The van der Waals surface area contributed by atoms with Crippen molar-refractivity contribution in [3.8, 4) is 0 Å². The first-order chi connectivity index (χ1) is 7.81. The van der Waals surface area contributed by atoms with Gasteiger partial charge >= 0.3 is 0 Å². The topological polar surface area (TPSA) is 24.9 Å². The van der Waals surface area contributed by atoms with Crippen molar-refractivity contribution in [2.75, 3.05) is 7.05 Å². The predicted octanol–water partition coefficient (Wildman–Crippen LogP) is 2.53. The molecule has 0 amide bonds. The molecule has 2 rings (SSSR count). The Morgan fingerprint density at radius 1 is 1.19 bits per heavy atom. The van der Waals surface area contributed by atoms with E-state index in [1.807, 2.05) is 25.2 Å². The molecule has 0 aliphatic heterocycles. The Hall–Kier alpha value is -1.74. The lowest BCUT2D eigenvalue weighted by atomic mass is 10.0. The molecule has 0 saturated carbocycles. The van der Waals surface area contributed by atoms with Crippen molar-refractivity contribution in [2.24, 2.45) is 0 Å². The third-order valence-electron chi connectivity index (χ3n) is 2.49. The number of aromatic nitrogens is 1. The molecule has 0 saturated heterocycles. The molecular formula is C13H13FN2. The Labute approximate surface area is 94.2 Å². The van der Waals surface area contributed by atoms with Gasteiger partial charge in [0.15, 0.2) is 0 Å². The highest BCUT2D eigenvalue weighted by Crippen LogP contribution is 2.21. The second-order valence-electron chi connectivity index (χ2n) is 3.56. The summed E-state index contributed by atoms with van der Waals surface area (Å²) in [6, 6.07) is 10.4. The van der Waals surface area contributed by atoms with E-state index >= 15 is 0 Å². The second-order valence-corrected chi connectivity index (χ2v) is 3.56. The lowest BCUT2D eigenvalue weighted by molar-refractivity contribution is 0.616. The van der Waals surface area contributed by atoms with Crippen LogP contribution in [0.2, 0.25) is 0 Å². The van der Waals surface area contributed by atoms with Crippen molar-refractivity contribution in [3.63, 3.8) is 0 Å². The van der Waals surface area contributed by atoms with Gasteiger partial charge in [0.1, 0.15) is 5.82 Å². The summed E-state index contributed by atoms with van der Waals surface area (Å²) in [5.74, 6) is -0.221. The van der Waals surface area contributed by atoms with Gasteiger partial charge in [0.25, 0.3) is 0 Å². The molecule has 16 heavy (non-hydrogen) atoms. The fraction of sp³-hybridized carbons (Fsp3) is 0.154. The third kappa shape index (κ3) is 2.25. The fourth-order valence-electron chi connectivity index (χ4n) is 1.76. The Morgan fingerprint density at radius 3 is 2.62 bits per heavy atom.